The molecular weight excluding hydrogens is 90.1 g/mol. The minimum Gasteiger partial charge on any atom is -0.310 e. The number of rotatable bonds is 1. The van der Waals surface area contributed by atoms with Gasteiger partial charge in [0.1, 0.15) is 0 Å². The van der Waals surface area contributed by atoms with Crippen LogP contribution in [0.15, 0.2) is 0 Å². The molecule has 0 aliphatic rings. The van der Waals surface area contributed by atoms with Crippen LogP contribution in [0.3, 0.4) is 0 Å². The Morgan fingerprint density at radius 2 is 1.67 bits per heavy atom. The van der Waals surface area contributed by atoms with E-state index in [1.807, 2.05) is 0 Å². The molecule has 0 bridgehead atoms. The van der Waals surface area contributed by atoms with Crippen LogP contribution in [0, 0.1) is 0 Å². The van der Waals surface area contributed by atoms with Gasteiger partial charge in [0, 0.05) is 10.2 Å². The maximum Gasteiger partial charge on any atom is 0.0240 e. The van der Waals surface area contributed by atoms with E-state index in [1.165, 1.54) is 10.2 Å². The predicted molar refractivity (Wildman–Crippen MR) is 33.1 cm³/mol. The molecule has 0 spiro atoms. The van der Waals surface area contributed by atoms with Crippen molar-refractivity contribution in [3.05, 3.63) is 0 Å². The summed E-state index contributed by atoms with van der Waals surface area (Å²) in [4.78, 5) is 2.23. The number of hydrogen-bond acceptors (Lipinski definition) is 1. The Morgan fingerprint density at radius 3 is 1.67 bits per heavy atom. The highest BCUT2D eigenvalue weighted by atomic mass is 28.1. The van der Waals surface area contributed by atoms with E-state index in [0.717, 1.165) is 5.67 Å². The van der Waals surface area contributed by atoms with Gasteiger partial charge in [0.15, 0.2) is 0 Å². The maximum atomic E-state index is 2.23. The van der Waals surface area contributed by atoms with Crippen LogP contribution in [0.25, 0.3) is 0 Å². The number of hydrogen-bond donors (Lipinski definition) is 0. The molecular formula is C4H13NSi. The number of nitrogens with zero attached hydrogens (tertiary/aromatic N) is 1. The third-order valence-corrected chi connectivity index (χ3v) is 2.07. The molecule has 0 heterocycles. The first-order valence-electron chi connectivity index (χ1n) is 2.31. The first kappa shape index (κ1) is 6.18. The Labute approximate surface area is 42.8 Å². The van der Waals surface area contributed by atoms with E-state index in [2.05, 4.69) is 25.9 Å². The van der Waals surface area contributed by atoms with Gasteiger partial charge in [0.2, 0.25) is 0 Å². The van der Waals surface area contributed by atoms with E-state index >= 15 is 0 Å². The largest absolute Gasteiger partial charge is 0.310 e. The van der Waals surface area contributed by atoms with Gasteiger partial charge < -0.3 is 4.90 Å². The van der Waals surface area contributed by atoms with Gasteiger partial charge in [-0.05, 0) is 19.8 Å². The summed E-state index contributed by atoms with van der Waals surface area (Å²) in [6.07, 6.45) is 0. The van der Waals surface area contributed by atoms with Gasteiger partial charge >= 0.3 is 0 Å². The second kappa shape index (κ2) is 2.37. The highest BCUT2D eigenvalue weighted by molar-refractivity contribution is 6.11. The van der Waals surface area contributed by atoms with Crippen LogP contribution in [0.4, 0.5) is 0 Å². The zero-order chi connectivity index (χ0) is 5.15. The quantitative estimate of drug-likeness (QED) is 0.395. The molecule has 0 aromatic rings. The van der Waals surface area contributed by atoms with Gasteiger partial charge in [0.05, 0.1) is 0 Å². The molecule has 1 unspecified atom stereocenters. The zero-order valence-corrected chi connectivity index (χ0v) is 7.02. The summed E-state index contributed by atoms with van der Waals surface area (Å²) in [5.41, 5.74) is 0.824. The first-order valence-corrected chi connectivity index (χ1v) is 3.46. The Hall–Kier alpha value is 0.177. The van der Waals surface area contributed by atoms with Crippen LogP contribution in [-0.4, -0.2) is 34.9 Å². The molecule has 0 amide bonds. The molecule has 0 aliphatic heterocycles. The van der Waals surface area contributed by atoms with Crippen molar-refractivity contribution in [3.8, 4) is 0 Å². The van der Waals surface area contributed by atoms with Crippen LogP contribution in [-0.2, 0) is 0 Å². The van der Waals surface area contributed by atoms with Gasteiger partial charge in [-0.2, -0.15) is 0 Å². The normalized spacial score (nSPS) is 16.0. The van der Waals surface area contributed by atoms with Crippen molar-refractivity contribution in [2.45, 2.75) is 12.6 Å². The van der Waals surface area contributed by atoms with Crippen molar-refractivity contribution in [1.29, 1.82) is 0 Å². The molecule has 0 N–H and O–H groups in total. The van der Waals surface area contributed by atoms with Crippen molar-refractivity contribution >= 4 is 10.2 Å². The second-order valence-electron chi connectivity index (χ2n) is 2.06. The van der Waals surface area contributed by atoms with Crippen LogP contribution in [0.5, 0.6) is 0 Å². The van der Waals surface area contributed by atoms with E-state index in [-0.39, 0.29) is 0 Å². The van der Waals surface area contributed by atoms with E-state index < -0.39 is 0 Å². The van der Waals surface area contributed by atoms with E-state index in [1.54, 1.807) is 0 Å². The van der Waals surface area contributed by atoms with Gasteiger partial charge in [-0.1, -0.05) is 6.92 Å². The minimum absolute atomic E-state index is 0.824. The molecule has 0 fully saturated rings. The van der Waals surface area contributed by atoms with Crippen LogP contribution in [0.1, 0.15) is 6.92 Å². The summed E-state index contributed by atoms with van der Waals surface area (Å²) in [5, 5.41) is 0. The van der Waals surface area contributed by atoms with Crippen LogP contribution < -0.4 is 0 Å². The molecule has 0 saturated heterocycles. The molecule has 1 atom stereocenters. The van der Waals surface area contributed by atoms with Crippen molar-refractivity contribution in [2.75, 3.05) is 14.1 Å². The van der Waals surface area contributed by atoms with Gasteiger partial charge in [-0.15, -0.1) is 0 Å². The molecule has 1 nitrogen and oxygen atoms in total. The molecule has 0 aromatic heterocycles. The highest BCUT2D eigenvalue weighted by Gasteiger charge is 1.90. The van der Waals surface area contributed by atoms with E-state index in [9.17, 15) is 0 Å². The van der Waals surface area contributed by atoms with Crippen molar-refractivity contribution < 1.29 is 0 Å². The fourth-order valence-electron chi connectivity index (χ4n) is 0. The monoisotopic (exact) mass is 103 g/mol. The maximum absolute atomic E-state index is 2.23. The minimum atomic E-state index is 0.824. The lowest BCUT2D eigenvalue weighted by Crippen LogP contribution is -2.23. The average molecular weight is 103 g/mol. The summed E-state index contributed by atoms with van der Waals surface area (Å²) in [6.45, 7) is 2.23. The molecule has 0 aromatic carbocycles. The fourth-order valence-corrected chi connectivity index (χ4v) is 0. The molecule has 0 aliphatic carbocycles. The molecule has 6 heavy (non-hydrogen) atoms. The standard InChI is InChI=1S/C4H13NSi/c1-4(6)5(2)3/h4H,1-3,6H3. The Morgan fingerprint density at radius 1 is 1.50 bits per heavy atom. The predicted octanol–water partition coefficient (Wildman–Crippen LogP) is -0.741. The molecule has 38 valence electrons. The lowest BCUT2D eigenvalue weighted by atomic mass is 10.7. The topological polar surface area (TPSA) is 3.24 Å². The summed E-state index contributed by atoms with van der Waals surface area (Å²) in [6, 6.07) is 0. The summed E-state index contributed by atoms with van der Waals surface area (Å²) >= 11 is 0. The third-order valence-electron chi connectivity index (χ3n) is 1.03. The Kier molecular flexibility index (Phi) is 2.44. The summed E-state index contributed by atoms with van der Waals surface area (Å²) in [7, 11) is 5.50. The smallest absolute Gasteiger partial charge is 0.0240 e. The fraction of sp³-hybridized carbons (Fsp3) is 1.00. The molecule has 0 rings (SSSR count). The molecule has 2 heteroatoms. The lowest BCUT2D eigenvalue weighted by Gasteiger charge is -2.12. The highest BCUT2D eigenvalue weighted by Crippen LogP contribution is 1.78. The Bertz CT molecular complexity index is 28.5. The van der Waals surface area contributed by atoms with Gasteiger partial charge in [0.25, 0.3) is 0 Å². The first-order chi connectivity index (χ1) is 2.64. The van der Waals surface area contributed by atoms with Crippen molar-refractivity contribution in [2.24, 2.45) is 0 Å². The zero-order valence-electron chi connectivity index (χ0n) is 5.02. The molecule has 0 radical (unpaired) electrons. The van der Waals surface area contributed by atoms with E-state index in [0.29, 0.717) is 0 Å². The van der Waals surface area contributed by atoms with Crippen LogP contribution >= 0.6 is 0 Å². The SMILES string of the molecule is CC([SiH3])N(C)C. The second-order valence-corrected chi connectivity index (χ2v) is 3.73. The van der Waals surface area contributed by atoms with Crippen molar-refractivity contribution in [3.63, 3.8) is 0 Å². The van der Waals surface area contributed by atoms with E-state index in [4.69, 9.17) is 0 Å². The Balaban J connectivity index is 2.99. The summed E-state index contributed by atoms with van der Waals surface area (Å²) < 4.78 is 0. The average Bonchev–Trinajstić information content (AvgIpc) is 1.36. The van der Waals surface area contributed by atoms with Gasteiger partial charge in [-0.25, -0.2) is 0 Å². The third kappa shape index (κ3) is 2.42. The lowest BCUT2D eigenvalue weighted by molar-refractivity contribution is 0.395. The van der Waals surface area contributed by atoms with Gasteiger partial charge in [-0.3, -0.25) is 0 Å². The van der Waals surface area contributed by atoms with Crippen molar-refractivity contribution in [1.82, 2.24) is 4.90 Å². The van der Waals surface area contributed by atoms with Crippen LogP contribution in [0.2, 0.25) is 0 Å². The molecule has 0 saturated carbocycles. The summed E-state index contributed by atoms with van der Waals surface area (Å²) in [5.74, 6) is 0.